The molecule has 0 atom stereocenters. The van der Waals surface area contributed by atoms with Crippen molar-refractivity contribution < 1.29 is 19.1 Å². The van der Waals surface area contributed by atoms with Crippen LogP contribution in [-0.2, 0) is 23.1 Å². The van der Waals surface area contributed by atoms with Crippen LogP contribution in [-0.4, -0.2) is 39.9 Å². The van der Waals surface area contributed by atoms with Crippen molar-refractivity contribution >= 4 is 33.4 Å². The Labute approximate surface area is 153 Å². The van der Waals surface area contributed by atoms with Crippen molar-refractivity contribution in [2.24, 2.45) is 12.0 Å². The fourth-order valence-electron chi connectivity index (χ4n) is 2.42. The number of esters is 1. The van der Waals surface area contributed by atoms with Crippen molar-refractivity contribution in [3.63, 3.8) is 0 Å². The lowest BCUT2D eigenvalue weighted by atomic mass is 10.3. The van der Waals surface area contributed by atoms with Gasteiger partial charge in [-0.3, -0.25) is 14.3 Å². The summed E-state index contributed by atoms with van der Waals surface area (Å²) in [6.45, 7) is 2.41. The fraction of sp³-hybridized carbons (Fsp3) is 0.294. The summed E-state index contributed by atoms with van der Waals surface area (Å²) in [5.41, 5.74) is 1.01. The number of aromatic nitrogens is 3. The maximum atomic E-state index is 12.4. The summed E-state index contributed by atoms with van der Waals surface area (Å²) in [4.78, 5) is 28.7. The van der Waals surface area contributed by atoms with E-state index >= 15 is 0 Å². The second-order valence-electron chi connectivity index (χ2n) is 5.40. The van der Waals surface area contributed by atoms with E-state index in [0.717, 1.165) is 10.2 Å². The summed E-state index contributed by atoms with van der Waals surface area (Å²) in [6.07, 6.45) is 1.67. The first-order chi connectivity index (χ1) is 12.5. The Morgan fingerprint density at radius 2 is 2.12 bits per heavy atom. The van der Waals surface area contributed by atoms with Crippen LogP contribution in [0, 0.1) is 0 Å². The molecule has 1 aromatic carbocycles. The quantitative estimate of drug-likeness (QED) is 0.635. The van der Waals surface area contributed by atoms with Gasteiger partial charge in [0.25, 0.3) is 5.91 Å². The molecule has 0 fully saturated rings. The van der Waals surface area contributed by atoms with Gasteiger partial charge in [0.2, 0.25) is 0 Å². The number of rotatable bonds is 5. The SMILES string of the molecule is CCOc1ccc2c(c1)sc(=NC(=O)c1ccn(C)n1)n2CC(=O)OC. The summed E-state index contributed by atoms with van der Waals surface area (Å²) in [5.74, 6) is -0.180. The number of ether oxygens (including phenoxy) is 2. The molecule has 2 heterocycles. The third-order valence-electron chi connectivity index (χ3n) is 3.61. The molecule has 26 heavy (non-hydrogen) atoms. The van der Waals surface area contributed by atoms with E-state index in [1.165, 1.54) is 23.1 Å². The van der Waals surface area contributed by atoms with E-state index < -0.39 is 11.9 Å². The normalized spacial score (nSPS) is 11.7. The molecule has 0 saturated carbocycles. The molecule has 0 unspecified atom stereocenters. The van der Waals surface area contributed by atoms with Gasteiger partial charge in [0.15, 0.2) is 10.5 Å². The molecule has 0 radical (unpaired) electrons. The monoisotopic (exact) mass is 374 g/mol. The number of amides is 1. The topological polar surface area (TPSA) is 87.7 Å². The van der Waals surface area contributed by atoms with Gasteiger partial charge in [0.05, 0.1) is 23.9 Å². The van der Waals surface area contributed by atoms with Gasteiger partial charge in [-0.15, -0.1) is 0 Å². The number of carbonyl (C=O) groups excluding carboxylic acids is 2. The molecule has 3 rings (SSSR count). The van der Waals surface area contributed by atoms with Crippen molar-refractivity contribution in [1.82, 2.24) is 14.3 Å². The van der Waals surface area contributed by atoms with Crippen LogP contribution in [0.4, 0.5) is 0 Å². The second kappa shape index (κ2) is 7.52. The first kappa shape index (κ1) is 17.9. The van der Waals surface area contributed by atoms with Crippen molar-refractivity contribution in [3.8, 4) is 5.75 Å². The van der Waals surface area contributed by atoms with Gasteiger partial charge < -0.3 is 14.0 Å². The Hall–Kier alpha value is -2.94. The Bertz CT molecular complexity index is 1030. The molecule has 0 N–H and O–H groups in total. The zero-order chi connectivity index (χ0) is 18.7. The number of aryl methyl sites for hydroxylation is 1. The summed E-state index contributed by atoms with van der Waals surface area (Å²) in [7, 11) is 3.05. The van der Waals surface area contributed by atoms with E-state index in [-0.39, 0.29) is 12.2 Å². The Kier molecular flexibility index (Phi) is 5.17. The standard InChI is InChI=1S/C17H18N4O4S/c1-4-25-11-5-6-13-14(9-11)26-17(21(13)10-15(22)24-3)18-16(23)12-7-8-20(2)19-12/h5-9H,4,10H2,1-3H3. The minimum Gasteiger partial charge on any atom is -0.494 e. The number of hydrogen-bond donors (Lipinski definition) is 0. The van der Waals surface area contributed by atoms with Crippen molar-refractivity contribution in [1.29, 1.82) is 0 Å². The van der Waals surface area contributed by atoms with E-state index in [9.17, 15) is 9.59 Å². The lowest BCUT2D eigenvalue weighted by Crippen LogP contribution is -2.22. The van der Waals surface area contributed by atoms with Gasteiger partial charge >= 0.3 is 5.97 Å². The molecule has 0 spiro atoms. The van der Waals surface area contributed by atoms with Crippen molar-refractivity contribution in [3.05, 3.63) is 41.0 Å². The molecular formula is C17H18N4O4S. The van der Waals surface area contributed by atoms with Crippen molar-refractivity contribution in [2.45, 2.75) is 13.5 Å². The molecule has 3 aromatic rings. The van der Waals surface area contributed by atoms with Gasteiger partial charge in [-0.05, 0) is 31.2 Å². The number of thiazole rings is 1. The molecule has 0 aliphatic carbocycles. The zero-order valence-electron chi connectivity index (χ0n) is 14.6. The highest BCUT2D eigenvalue weighted by molar-refractivity contribution is 7.16. The second-order valence-corrected chi connectivity index (χ2v) is 6.41. The smallest absolute Gasteiger partial charge is 0.325 e. The van der Waals surface area contributed by atoms with Crippen LogP contribution >= 0.6 is 11.3 Å². The van der Waals surface area contributed by atoms with Crippen LogP contribution in [0.5, 0.6) is 5.75 Å². The molecule has 0 bridgehead atoms. The highest BCUT2D eigenvalue weighted by Gasteiger charge is 2.14. The lowest BCUT2D eigenvalue weighted by molar-refractivity contribution is -0.141. The van der Waals surface area contributed by atoms with E-state index in [4.69, 9.17) is 9.47 Å². The van der Waals surface area contributed by atoms with Crippen LogP contribution in [0.25, 0.3) is 10.2 Å². The first-order valence-corrected chi connectivity index (χ1v) is 8.75. The third-order valence-corrected chi connectivity index (χ3v) is 4.65. The predicted molar refractivity (Wildman–Crippen MR) is 96.1 cm³/mol. The van der Waals surface area contributed by atoms with Crippen LogP contribution in [0.2, 0.25) is 0 Å². The molecule has 1 amide bonds. The molecule has 2 aromatic heterocycles. The van der Waals surface area contributed by atoms with Crippen LogP contribution < -0.4 is 9.54 Å². The van der Waals surface area contributed by atoms with Crippen molar-refractivity contribution in [2.75, 3.05) is 13.7 Å². The first-order valence-electron chi connectivity index (χ1n) is 7.93. The molecule has 0 aliphatic heterocycles. The van der Waals surface area contributed by atoms with Gasteiger partial charge in [-0.1, -0.05) is 11.3 Å². The summed E-state index contributed by atoms with van der Waals surface area (Å²) in [5, 5.41) is 4.06. The van der Waals surface area contributed by atoms with E-state index in [1.807, 2.05) is 25.1 Å². The average Bonchev–Trinajstić information content (AvgIpc) is 3.19. The maximum Gasteiger partial charge on any atom is 0.325 e. The van der Waals surface area contributed by atoms with Gasteiger partial charge in [-0.25, -0.2) is 0 Å². The van der Waals surface area contributed by atoms with Gasteiger partial charge in [0.1, 0.15) is 12.3 Å². The lowest BCUT2D eigenvalue weighted by Gasteiger charge is -2.05. The Morgan fingerprint density at radius 3 is 2.77 bits per heavy atom. The number of carbonyl (C=O) groups is 2. The molecule has 8 nitrogen and oxygen atoms in total. The largest absolute Gasteiger partial charge is 0.494 e. The third kappa shape index (κ3) is 3.67. The van der Waals surface area contributed by atoms with E-state index in [0.29, 0.717) is 17.2 Å². The molecule has 9 heteroatoms. The number of nitrogens with zero attached hydrogens (tertiary/aromatic N) is 4. The summed E-state index contributed by atoms with van der Waals surface area (Å²) in [6, 6.07) is 7.11. The number of fused-ring (bicyclic) bond motifs is 1. The zero-order valence-corrected chi connectivity index (χ0v) is 15.4. The Morgan fingerprint density at radius 1 is 1.31 bits per heavy atom. The van der Waals surface area contributed by atoms with Crippen LogP contribution in [0.15, 0.2) is 35.5 Å². The average molecular weight is 374 g/mol. The number of benzene rings is 1. The van der Waals surface area contributed by atoms with Crippen LogP contribution in [0.1, 0.15) is 17.4 Å². The molecule has 136 valence electrons. The maximum absolute atomic E-state index is 12.4. The molecule has 0 aliphatic rings. The van der Waals surface area contributed by atoms with Gasteiger partial charge in [-0.2, -0.15) is 10.1 Å². The molecule has 0 saturated heterocycles. The van der Waals surface area contributed by atoms with E-state index in [2.05, 4.69) is 10.1 Å². The van der Waals surface area contributed by atoms with Crippen LogP contribution in [0.3, 0.4) is 0 Å². The fourth-order valence-corrected chi connectivity index (χ4v) is 3.47. The highest BCUT2D eigenvalue weighted by Crippen LogP contribution is 2.23. The highest BCUT2D eigenvalue weighted by atomic mass is 32.1. The van der Waals surface area contributed by atoms with E-state index in [1.54, 1.807) is 23.9 Å². The summed E-state index contributed by atoms with van der Waals surface area (Å²) < 4.78 is 14.3. The Balaban J connectivity index is 2.12. The minimum atomic E-state index is -0.471. The minimum absolute atomic E-state index is 0.0428. The predicted octanol–water partition coefficient (Wildman–Crippen LogP) is 1.75. The number of hydrogen-bond acceptors (Lipinski definition) is 6. The molecular weight excluding hydrogens is 356 g/mol. The van der Waals surface area contributed by atoms with Gasteiger partial charge in [0, 0.05) is 13.2 Å². The number of methoxy groups -OCH3 is 1. The summed E-state index contributed by atoms with van der Waals surface area (Å²) >= 11 is 1.30.